The third kappa shape index (κ3) is 12.1. The Morgan fingerprint density at radius 1 is 0.535 bits per heavy atom. The molecule has 6 unspecified atom stereocenters. The van der Waals surface area contributed by atoms with Crippen LogP contribution in [0.5, 0.6) is 0 Å². The van der Waals surface area contributed by atoms with Gasteiger partial charge in [-0.15, -0.1) is 0 Å². The summed E-state index contributed by atoms with van der Waals surface area (Å²) in [5.41, 5.74) is 2.88. The predicted molar refractivity (Wildman–Crippen MR) is 192 cm³/mol. The second-order valence-electron chi connectivity index (χ2n) is 16.2. The molecule has 3 heteroatoms. The van der Waals surface area contributed by atoms with E-state index in [1.165, 1.54) is 178 Å². The summed E-state index contributed by atoms with van der Waals surface area (Å²) in [7, 11) is 15.0. The molecule has 0 amide bonds. The minimum absolute atomic E-state index is 0.957. The first-order valence-electron chi connectivity index (χ1n) is 19.5. The van der Waals surface area contributed by atoms with E-state index in [-0.39, 0.29) is 0 Å². The number of fused-ring (bicyclic) bond motifs is 2. The molecular weight excluding hydrogens is 643 g/mol. The van der Waals surface area contributed by atoms with E-state index in [9.17, 15) is 0 Å². The molecule has 4 fully saturated rings. The van der Waals surface area contributed by atoms with Crippen LogP contribution in [0.25, 0.3) is 0 Å². The number of halogens is 2. The van der Waals surface area contributed by atoms with E-state index in [1.807, 2.05) is 0 Å². The van der Waals surface area contributed by atoms with Crippen LogP contribution >= 0.6 is 17.0 Å². The number of rotatable bonds is 10. The topological polar surface area (TPSA) is 0 Å². The van der Waals surface area contributed by atoms with Gasteiger partial charge >= 0.3 is 279 Å². The van der Waals surface area contributed by atoms with E-state index in [1.54, 1.807) is 0 Å². The molecule has 0 aromatic heterocycles. The maximum absolute atomic E-state index is 7.48. The van der Waals surface area contributed by atoms with Gasteiger partial charge in [-0.2, -0.15) is 0 Å². The zero-order chi connectivity index (χ0) is 30.6. The average molecular weight is 713 g/mol. The van der Waals surface area contributed by atoms with Crippen molar-refractivity contribution < 1.29 is 15.9 Å². The van der Waals surface area contributed by atoms with Crippen molar-refractivity contribution in [2.24, 2.45) is 35.5 Å². The molecule has 4 rings (SSSR count). The molecule has 0 spiro atoms. The standard InChI is InChI=1S/2C19H33.C2H4.2ClH.Zr/c2*1-16(2)10-8-13-17-11-6-4-3-5-7-12-18-14-9-15-19(17)18;1-2;;;/h2*1,17-19H,3-15H2,2H3;1H,2H3;2*1H;/q;;;;;+2/p-2. The second kappa shape index (κ2) is 18.4. The molecule has 0 N–H and O–H groups in total. The number of allylic oxidation sites excluding steroid dienone is 2. The summed E-state index contributed by atoms with van der Waals surface area (Å²) in [6.45, 7) is 6.75. The van der Waals surface area contributed by atoms with Crippen LogP contribution in [0.4, 0.5) is 0 Å². The molecule has 4 aliphatic carbocycles. The van der Waals surface area contributed by atoms with Gasteiger partial charge in [0.2, 0.25) is 0 Å². The SMILES string of the molecule is C[CH]=[Zr]([Cl])([Cl])([CH]=C(C)CCCC1CCCCCCCC2CCCC12)[CH]=C(C)CCCC1CCCCCCCC2CCCC12. The van der Waals surface area contributed by atoms with Crippen molar-refractivity contribution in [3.63, 3.8) is 0 Å². The third-order valence-corrected chi connectivity index (χ3v) is 25.8. The summed E-state index contributed by atoms with van der Waals surface area (Å²) in [6.07, 6.45) is 37.5. The molecule has 0 nitrogen and oxygen atoms in total. The van der Waals surface area contributed by atoms with Crippen LogP contribution in [-0.2, 0) is 15.9 Å². The molecule has 0 aliphatic heterocycles. The Labute approximate surface area is 276 Å². The summed E-state index contributed by atoms with van der Waals surface area (Å²) in [5.74, 6) is 6.00. The first-order chi connectivity index (χ1) is 20.8. The molecule has 248 valence electrons. The average Bonchev–Trinajstić information content (AvgIpc) is 3.64. The molecule has 4 saturated carbocycles. The summed E-state index contributed by atoms with van der Waals surface area (Å²) in [6, 6.07) is 0. The Bertz CT molecular complexity index is 886. The van der Waals surface area contributed by atoms with Crippen molar-refractivity contribution in [1.82, 2.24) is 0 Å². The van der Waals surface area contributed by atoms with Gasteiger partial charge in [0.25, 0.3) is 0 Å². The van der Waals surface area contributed by atoms with Crippen molar-refractivity contribution >= 4 is 20.7 Å². The Morgan fingerprint density at radius 3 is 1.33 bits per heavy atom. The molecule has 4 aliphatic rings. The normalized spacial score (nSPS) is 32.6. The minimum atomic E-state index is -4.16. The van der Waals surface area contributed by atoms with Crippen LogP contribution in [0.15, 0.2) is 18.7 Å². The van der Waals surface area contributed by atoms with Crippen LogP contribution < -0.4 is 0 Å². The molecule has 0 aromatic rings. The Hall–Kier alpha value is 0.813. The molecule has 0 aromatic carbocycles. The van der Waals surface area contributed by atoms with Gasteiger partial charge < -0.3 is 0 Å². The van der Waals surface area contributed by atoms with Gasteiger partial charge in [0.15, 0.2) is 0 Å². The zero-order valence-corrected chi connectivity index (χ0v) is 32.8. The number of hydrogen-bond acceptors (Lipinski definition) is 0. The van der Waals surface area contributed by atoms with E-state index < -0.39 is 15.9 Å². The Morgan fingerprint density at radius 2 is 0.907 bits per heavy atom. The van der Waals surface area contributed by atoms with Crippen LogP contribution in [-0.4, -0.2) is 3.71 Å². The molecule has 43 heavy (non-hydrogen) atoms. The van der Waals surface area contributed by atoms with E-state index in [0.29, 0.717) is 0 Å². The molecule has 0 saturated heterocycles. The Kier molecular flexibility index (Phi) is 15.7. The molecule has 0 heterocycles. The number of hydrogen-bond donors (Lipinski definition) is 0. The first-order valence-corrected chi connectivity index (χ1v) is 30.1. The molecule has 0 bridgehead atoms. The van der Waals surface area contributed by atoms with Crippen molar-refractivity contribution in [3.8, 4) is 0 Å². The van der Waals surface area contributed by atoms with Crippen LogP contribution in [0.3, 0.4) is 0 Å². The van der Waals surface area contributed by atoms with E-state index in [4.69, 9.17) is 17.0 Å². The second-order valence-corrected chi connectivity index (χ2v) is 36.2. The fourth-order valence-electron chi connectivity index (χ4n) is 10.5. The van der Waals surface area contributed by atoms with E-state index >= 15 is 0 Å². The van der Waals surface area contributed by atoms with Crippen molar-refractivity contribution in [2.45, 2.75) is 188 Å². The van der Waals surface area contributed by atoms with Gasteiger partial charge in [-0.1, -0.05) is 0 Å². The van der Waals surface area contributed by atoms with Crippen LogP contribution in [0.1, 0.15) is 188 Å². The van der Waals surface area contributed by atoms with Gasteiger partial charge in [-0.3, -0.25) is 0 Å². The van der Waals surface area contributed by atoms with Crippen molar-refractivity contribution in [1.29, 1.82) is 0 Å². The Balaban J connectivity index is 1.30. The fraction of sp³-hybridized carbons (Fsp3) is 0.875. The molecular formula is C40H70Cl2Zr. The summed E-state index contributed by atoms with van der Waals surface area (Å²) >= 11 is -4.16. The summed E-state index contributed by atoms with van der Waals surface area (Å²) in [5, 5.41) is 0. The monoisotopic (exact) mass is 710 g/mol. The third-order valence-electron chi connectivity index (χ3n) is 12.8. The van der Waals surface area contributed by atoms with Crippen LogP contribution in [0, 0.1) is 35.5 Å². The van der Waals surface area contributed by atoms with E-state index in [2.05, 4.69) is 32.0 Å². The summed E-state index contributed by atoms with van der Waals surface area (Å²) in [4.78, 5) is 0. The predicted octanol–water partition coefficient (Wildman–Crippen LogP) is 14.5. The molecule has 6 atom stereocenters. The summed E-state index contributed by atoms with van der Waals surface area (Å²) < 4.78 is 6.97. The van der Waals surface area contributed by atoms with Crippen molar-refractivity contribution in [3.05, 3.63) is 18.7 Å². The van der Waals surface area contributed by atoms with Crippen LogP contribution in [0.2, 0.25) is 0 Å². The van der Waals surface area contributed by atoms with Gasteiger partial charge in [0.1, 0.15) is 0 Å². The zero-order valence-electron chi connectivity index (χ0n) is 28.8. The van der Waals surface area contributed by atoms with Gasteiger partial charge in [-0.05, 0) is 0 Å². The van der Waals surface area contributed by atoms with Gasteiger partial charge in [0.05, 0.1) is 0 Å². The van der Waals surface area contributed by atoms with Gasteiger partial charge in [-0.25, -0.2) is 0 Å². The molecule has 0 radical (unpaired) electrons. The van der Waals surface area contributed by atoms with Gasteiger partial charge in [0, 0.05) is 0 Å². The van der Waals surface area contributed by atoms with E-state index in [0.717, 1.165) is 35.5 Å². The maximum atomic E-state index is 7.48. The van der Waals surface area contributed by atoms with Crippen molar-refractivity contribution in [2.75, 3.05) is 0 Å². The quantitative estimate of drug-likeness (QED) is 0.212. The fourth-order valence-corrected chi connectivity index (χ4v) is 21.3. The first kappa shape index (κ1) is 36.6.